The summed E-state index contributed by atoms with van der Waals surface area (Å²) in [6.07, 6.45) is 0.637. The minimum Gasteiger partial charge on any atom is -0.398 e. The fourth-order valence-corrected chi connectivity index (χ4v) is 1.64. The van der Waals surface area contributed by atoms with E-state index in [-0.39, 0.29) is 12.0 Å². The molecule has 0 amide bonds. The van der Waals surface area contributed by atoms with Gasteiger partial charge in [0.25, 0.3) is 0 Å². The highest BCUT2D eigenvalue weighted by Crippen LogP contribution is 2.30. The molecule has 0 saturated carbocycles. The first kappa shape index (κ1) is 11.0. The number of aliphatic hydroxyl groups excluding tert-OH is 1. The lowest BCUT2D eigenvalue weighted by Crippen LogP contribution is -2.33. The molecule has 3 heteroatoms. The van der Waals surface area contributed by atoms with Gasteiger partial charge in [-0.25, -0.2) is 0 Å². The van der Waals surface area contributed by atoms with Gasteiger partial charge in [-0.3, -0.25) is 0 Å². The lowest BCUT2D eigenvalue weighted by Gasteiger charge is -2.29. The van der Waals surface area contributed by atoms with E-state index in [1.165, 1.54) is 0 Å². The largest absolute Gasteiger partial charge is 0.398 e. The molecule has 1 atom stereocenters. The maximum absolute atomic E-state index is 8.99. The van der Waals surface area contributed by atoms with E-state index in [4.69, 9.17) is 16.6 Å². The Bertz CT molecular complexity index is 301. The number of hydrogen-bond donors (Lipinski definition) is 3. The second-order valence-electron chi connectivity index (χ2n) is 3.83. The summed E-state index contributed by atoms with van der Waals surface area (Å²) in [5.41, 5.74) is 13.1. The molecule has 0 bridgehead atoms. The van der Waals surface area contributed by atoms with Gasteiger partial charge in [0, 0.05) is 24.3 Å². The molecule has 0 aliphatic heterocycles. The predicted molar refractivity (Wildman–Crippen MR) is 59.0 cm³/mol. The number of hydrogen-bond acceptors (Lipinski definition) is 3. The highest BCUT2D eigenvalue weighted by molar-refractivity contribution is 5.50. The Labute approximate surface area is 84.7 Å². The SMILES string of the molecule is CC(CN)(CCO)c1ccccc1N. The van der Waals surface area contributed by atoms with E-state index in [2.05, 4.69) is 0 Å². The van der Waals surface area contributed by atoms with Crippen LogP contribution in [-0.4, -0.2) is 18.3 Å². The summed E-state index contributed by atoms with van der Waals surface area (Å²) in [6, 6.07) is 7.67. The number of aliphatic hydroxyl groups is 1. The highest BCUT2D eigenvalue weighted by Gasteiger charge is 2.25. The number of para-hydroxylation sites is 1. The van der Waals surface area contributed by atoms with Gasteiger partial charge in [-0.2, -0.15) is 0 Å². The molecule has 0 aliphatic rings. The van der Waals surface area contributed by atoms with Gasteiger partial charge >= 0.3 is 0 Å². The zero-order valence-electron chi connectivity index (χ0n) is 8.53. The van der Waals surface area contributed by atoms with Gasteiger partial charge in [-0.15, -0.1) is 0 Å². The number of nitrogens with two attached hydrogens (primary N) is 2. The number of anilines is 1. The van der Waals surface area contributed by atoms with Crippen LogP contribution in [0.4, 0.5) is 5.69 Å². The zero-order chi connectivity index (χ0) is 10.6. The molecule has 0 fully saturated rings. The Morgan fingerprint density at radius 1 is 1.36 bits per heavy atom. The molecule has 1 rings (SSSR count). The van der Waals surface area contributed by atoms with E-state index in [1.807, 2.05) is 31.2 Å². The molecule has 5 N–H and O–H groups in total. The molecule has 1 aromatic rings. The first-order valence-electron chi connectivity index (χ1n) is 4.80. The average molecular weight is 194 g/mol. The summed E-state index contributed by atoms with van der Waals surface area (Å²) in [4.78, 5) is 0. The summed E-state index contributed by atoms with van der Waals surface area (Å²) in [5, 5.41) is 8.99. The molecule has 0 heterocycles. The van der Waals surface area contributed by atoms with Crippen molar-refractivity contribution in [2.75, 3.05) is 18.9 Å². The van der Waals surface area contributed by atoms with Crippen LogP contribution >= 0.6 is 0 Å². The molecule has 0 spiro atoms. The number of nitrogen functional groups attached to an aromatic ring is 1. The lowest BCUT2D eigenvalue weighted by atomic mass is 9.79. The van der Waals surface area contributed by atoms with Crippen LogP contribution in [0.5, 0.6) is 0 Å². The van der Waals surface area contributed by atoms with Gasteiger partial charge in [0.05, 0.1) is 0 Å². The second kappa shape index (κ2) is 4.44. The van der Waals surface area contributed by atoms with Crippen LogP contribution in [-0.2, 0) is 5.41 Å². The minimum atomic E-state index is -0.222. The van der Waals surface area contributed by atoms with Crippen molar-refractivity contribution in [3.63, 3.8) is 0 Å². The molecule has 14 heavy (non-hydrogen) atoms. The monoisotopic (exact) mass is 194 g/mol. The van der Waals surface area contributed by atoms with Crippen LogP contribution < -0.4 is 11.5 Å². The van der Waals surface area contributed by atoms with Crippen molar-refractivity contribution in [3.05, 3.63) is 29.8 Å². The summed E-state index contributed by atoms with van der Waals surface area (Å²) in [6.45, 7) is 2.64. The highest BCUT2D eigenvalue weighted by atomic mass is 16.3. The van der Waals surface area contributed by atoms with Crippen LogP contribution in [0.1, 0.15) is 18.9 Å². The van der Waals surface area contributed by atoms with E-state index in [0.717, 1.165) is 11.3 Å². The predicted octanol–water partition coefficient (Wildman–Crippen LogP) is 0.868. The molecule has 0 saturated heterocycles. The molecule has 78 valence electrons. The summed E-state index contributed by atoms with van der Waals surface area (Å²) < 4.78 is 0. The topological polar surface area (TPSA) is 72.3 Å². The maximum atomic E-state index is 8.99. The Balaban J connectivity index is 3.05. The van der Waals surface area contributed by atoms with Gasteiger partial charge in [0.2, 0.25) is 0 Å². The zero-order valence-corrected chi connectivity index (χ0v) is 8.53. The van der Waals surface area contributed by atoms with Crippen LogP contribution in [0.25, 0.3) is 0 Å². The van der Waals surface area contributed by atoms with Gasteiger partial charge in [-0.1, -0.05) is 25.1 Å². The van der Waals surface area contributed by atoms with Crippen LogP contribution in [0, 0.1) is 0 Å². The molecule has 0 aromatic heterocycles. The smallest absolute Gasteiger partial charge is 0.0439 e. The second-order valence-corrected chi connectivity index (χ2v) is 3.83. The van der Waals surface area contributed by atoms with E-state index in [1.54, 1.807) is 0 Å². The Kier molecular flexibility index (Phi) is 3.49. The third kappa shape index (κ3) is 2.05. The van der Waals surface area contributed by atoms with Crippen molar-refractivity contribution < 1.29 is 5.11 Å². The van der Waals surface area contributed by atoms with Crippen molar-refractivity contribution in [1.82, 2.24) is 0 Å². The van der Waals surface area contributed by atoms with Crippen molar-refractivity contribution in [1.29, 1.82) is 0 Å². The van der Waals surface area contributed by atoms with Gasteiger partial charge in [0.1, 0.15) is 0 Å². The van der Waals surface area contributed by atoms with Gasteiger partial charge in [0.15, 0.2) is 0 Å². The average Bonchev–Trinajstić information content (AvgIpc) is 2.18. The lowest BCUT2D eigenvalue weighted by molar-refractivity contribution is 0.247. The van der Waals surface area contributed by atoms with Crippen LogP contribution in [0.15, 0.2) is 24.3 Å². The van der Waals surface area contributed by atoms with Gasteiger partial charge in [-0.05, 0) is 18.1 Å². The van der Waals surface area contributed by atoms with Crippen molar-refractivity contribution >= 4 is 5.69 Å². The Morgan fingerprint density at radius 3 is 2.50 bits per heavy atom. The van der Waals surface area contributed by atoms with Crippen LogP contribution in [0.3, 0.4) is 0 Å². The van der Waals surface area contributed by atoms with Gasteiger partial charge < -0.3 is 16.6 Å². The quantitative estimate of drug-likeness (QED) is 0.623. The van der Waals surface area contributed by atoms with Crippen molar-refractivity contribution in [3.8, 4) is 0 Å². The molecule has 1 unspecified atom stereocenters. The van der Waals surface area contributed by atoms with Crippen LogP contribution in [0.2, 0.25) is 0 Å². The van der Waals surface area contributed by atoms with E-state index >= 15 is 0 Å². The minimum absolute atomic E-state index is 0.127. The van der Waals surface area contributed by atoms with Crippen molar-refractivity contribution in [2.45, 2.75) is 18.8 Å². The third-order valence-corrected chi connectivity index (χ3v) is 2.73. The first-order valence-corrected chi connectivity index (χ1v) is 4.80. The fraction of sp³-hybridized carbons (Fsp3) is 0.455. The number of benzene rings is 1. The number of rotatable bonds is 4. The fourth-order valence-electron chi connectivity index (χ4n) is 1.64. The van der Waals surface area contributed by atoms with E-state index in [9.17, 15) is 0 Å². The molecule has 0 radical (unpaired) electrons. The third-order valence-electron chi connectivity index (χ3n) is 2.73. The molecule has 3 nitrogen and oxygen atoms in total. The molecular formula is C11H18N2O. The Hall–Kier alpha value is -1.06. The Morgan fingerprint density at radius 2 is 2.00 bits per heavy atom. The summed E-state index contributed by atoms with van der Waals surface area (Å²) in [5.74, 6) is 0. The molecule has 0 aliphatic carbocycles. The molecule has 1 aromatic carbocycles. The van der Waals surface area contributed by atoms with E-state index in [0.29, 0.717) is 13.0 Å². The summed E-state index contributed by atoms with van der Waals surface area (Å²) in [7, 11) is 0. The maximum Gasteiger partial charge on any atom is 0.0439 e. The summed E-state index contributed by atoms with van der Waals surface area (Å²) >= 11 is 0. The van der Waals surface area contributed by atoms with E-state index < -0.39 is 0 Å². The molecular weight excluding hydrogens is 176 g/mol. The first-order chi connectivity index (χ1) is 6.64. The standard InChI is InChI=1S/C11H18N2O/c1-11(8-12,6-7-14)9-4-2-3-5-10(9)13/h2-5,14H,6-8,12-13H2,1H3. The van der Waals surface area contributed by atoms with Crippen molar-refractivity contribution in [2.24, 2.45) is 5.73 Å². The normalized spacial score (nSPS) is 15.1.